The van der Waals surface area contributed by atoms with Gasteiger partial charge in [-0.15, -0.1) is 5.10 Å². The van der Waals surface area contributed by atoms with Crippen LogP contribution in [0.1, 0.15) is 30.5 Å². The fourth-order valence-corrected chi connectivity index (χ4v) is 1.94. The zero-order valence-electron chi connectivity index (χ0n) is 11.3. The highest BCUT2D eigenvalue weighted by Crippen LogP contribution is 2.10. The van der Waals surface area contributed by atoms with E-state index in [1.54, 1.807) is 10.9 Å². The van der Waals surface area contributed by atoms with Gasteiger partial charge in [0.25, 0.3) is 0 Å². The Morgan fingerprint density at radius 3 is 2.76 bits per heavy atom. The third-order valence-corrected chi connectivity index (χ3v) is 2.99. The predicted octanol–water partition coefficient (Wildman–Crippen LogP) is 2.40. The zero-order chi connectivity index (χ0) is 15.2. The van der Waals surface area contributed by atoms with Gasteiger partial charge in [0.05, 0.1) is 12.2 Å². The van der Waals surface area contributed by atoms with Crippen LogP contribution in [-0.4, -0.2) is 26.1 Å². The number of hydrogen-bond donors (Lipinski definition) is 1. The number of nitrogens with zero attached hydrogens (tertiary/aromatic N) is 3. The second kappa shape index (κ2) is 6.92. The van der Waals surface area contributed by atoms with E-state index < -0.39 is 17.6 Å². The smallest absolute Gasteiger partial charge is 0.303 e. The molecule has 112 valence electrons. The van der Waals surface area contributed by atoms with Crippen LogP contribution in [0.5, 0.6) is 0 Å². The van der Waals surface area contributed by atoms with Gasteiger partial charge in [-0.3, -0.25) is 4.79 Å². The normalized spacial score (nSPS) is 10.8. The predicted molar refractivity (Wildman–Crippen MR) is 70.7 cm³/mol. The van der Waals surface area contributed by atoms with Gasteiger partial charge in [0.2, 0.25) is 0 Å². The Morgan fingerprint density at radius 2 is 2.05 bits per heavy atom. The van der Waals surface area contributed by atoms with Gasteiger partial charge in [0.15, 0.2) is 11.6 Å². The van der Waals surface area contributed by atoms with Crippen LogP contribution < -0.4 is 0 Å². The third-order valence-electron chi connectivity index (χ3n) is 2.99. The highest BCUT2D eigenvalue weighted by molar-refractivity contribution is 5.66. The Labute approximate surface area is 120 Å². The Balaban J connectivity index is 1.87. The molecule has 0 spiro atoms. The number of benzene rings is 1. The fraction of sp³-hybridized carbons (Fsp3) is 0.357. The van der Waals surface area contributed by atoms with E-state index in [9.17, 15) is 13.6 Å². The van der Waals surface area contributed by atoms with Crippen LogP contribution in [-0.2, 0) is 17.8 Å². The molecule has 1 aromatic carbocycles. The molecule has 0 aliphatic carbocycles. The van der Waals surface area contributed by atoms with E-state index >= 15 is 0 Å². The van der Waals surface area contributed by atoms with E-state index in [-0.39, 0.29) is 6.42 Å². The largest absolute Gasteiger partial charge is 0.481 e. The van der Waals surface area contributed by atoms with Crippen molar-refractivity contribution in [2.24, 2.45) is 0 Å². The molecule has 0 saturated carbocycles. The van der Waals surface area contributed by atoms with Crippen LogP contribution in [0.4, 0.5) is 8.78 Å². The lowest BCUT2D eigenvalue weighted by Crippen LogP contribution is -2.01. The Hall–Kier alpha value is -2.31. The molecule has 7 heteroatoms. The van der Waals surface area contributed by atoms with Gasteiger partial charge < -0.3 is 5.11 Å². The number of aryl methyl sites for hydroxylation is 1. The van der Waals surface area contributed by atoms with Crippen molar-refractivity contribution in [3.05, 3.63) is 47.3 Å². The van der Waals surface area contributed by atoms with Crippen molar-refractivity contribution in [3.63, 3.8) is 0 Å². The maximum Gasteiger partial charge on any atom is 0.303 e. The molecule has 0 amide bonds. The summed E-state index contributed by atoms with van der Waals surface area (Å²) in [5.74, 6) is -2.57. The third kappa shape index (κ3) is 4.62. The monoisotopic (exact) mass is 295 g/mol. The van der Waals surface area contributed by atoms with Gasteiger partial charge >= 0.3 is 5.97 Å². The maximum absolute atomic E-state index is 13.1. The summed E-state index contributed by atoms with van der Waals surface area (Å²) in [6.07, 6.45) is 3.82. The van der Waals surface area contributed by atoms with E-state index in [0.717, 1.165) is 24.2 Å². The minimum atomic E-state index is -0.887. The number of aliphatic carboxylic acids is 1. The van der Waals surface area contributed by atoms with E-state index in [1.807, 2.05) is 0 Å². The van der Waals surface area contributed by atoms with E-state index in [0.29, 0.717) is 24.9 Å². The van der Waals surface area contributed by atoms with Crippen molar-refractivity contribution < 1.29 is 18.7 Å². The molecular formula is C14H15F2N3O2. The van der Waals surface area contributed by atoms with Gasteiger partial charge in [-0.25, -0.2) is 13.5 Å². The fourth-order valence-electron chi connectivity index (χ4n) is 1.94. The summed E-state index contributed by atoms with van der Waals surface area (Å²) in [7, 11) is 0. The van der Waals surface area contributed by atoms with E-state index in [2.05, 4.69) is 10.3 Å². The summed E-state index contributed by atoms with van der Waals surface area (Å²) in [6, 6.07) is 3.70. The van der Waals surface area contributed by atoms with Crippen LogP contribution in [0.2, 0.25) is 0 Å². The van der Waals surface area contributed by atoms with Gasteiger partial charge in [0, 0.05) is 12.6 Å². The first-order chi connectivity index (χ1) is 10.0. The highest BCUT2D eigenvalue weighted by Gasteiger charge is 2.06. The lowest BCUT2D eigenvalue weighted by molar-refractivity contribution is -0.137. The average molecular weight is 295 g/mol. The number of carboxylic acid groups (broad SMARTS) is 1. The lowest BCUT2D eigenvalue weighted by atomic mass is 10.1. The van der Waals surface area contributed by atoms with E-state index in [1.165, 1.54) is 6.07 Å². The van der Waals surface area contributed by atoms with E-state index in [4.69, 9.17) is 5.11 Å². The number of carbonyl (C=O) groups is 1. The first kappa shape index (κ1) is 15.1. The van der Waals surface area contributed by atoms with Crippen molar-refractivity contribution in [1.82, 2.24) is 15.0 Å². The van der Waals surface area contributed by atoms with Gasteiger partial charge in [-0.2, -0.15) is 0 Å². The highest BCUT2D eigenvalue weighted by atomic mass is 19.2. The lowest BCUT2D eigenvalue weighted by Gasteiger charge is -2.01. The molecule has 0 aliphatic rings. The summed E-state index contributed by atoms with van der Waals surface area (Å²) < 4.78 is 27.5. The molecule has 2 aromatic rings. The molecule has 0 atom stereocenters. The second-order valence-corrected chi connectivity index (χ2v) is 4.76. The van der Waals surface area contributed by atoms with Crippen LogP contribution in [0.3, 0.4) is 0 Å². The number of rotatable bonds is 7. The molecule has 2 rings (SSSR count). The molecule has 0 saturated heterocycles. The maximum atomic E-state index is 13.1. The number of aromatic nitrogens is 3. The molecule has 0 aliphatic heterocycles. The first-order valence-corrected chi connectivity index (χ1v) is 6.59. The van der Waals surface area contributed by atoms with Crippen molar-refractivity contribution in [3.8, 4) is 0 Å². The average Bonchev–Trinajstić information content (AvgIpc) is 2.86. The molecule has 1 heterocycles. The molecular weight excluding hydrogens is 280 g/mol. The number of halogens is 2. The summed E-state index contributed by atoms with van der Waals surface area (Å²) >= 11 is 0. The van der Waals surface area contributed by atoms with Crippen molar-refractivity contribution in [2.45, 2.75) is 32.2 Å². The van der Waals surface area contributed by atoms with Crippen molar-refractivity contribution in [1.29, 1.82) is 0 Å². The Kier molecular flexibility index (Phi) is 4.97. The topological polar surface area (TPSA) is 68.0 Å². The van der Waals surface area contributed by atoms with Crippen molar-refractivity contribution >= 4 is 5.97 Å². The minimum absolute atomic E-state index is 0.142. The SMILES string of the molecule is O=C(O)CCCCc1cn(Cc2ccc(F)c(F)c2)nn1. The van der Waals surface area contributed by atoms with Gasteiger partial charge in [0.1, 0.15) is 0 Å². The molecule has 1 N–H and O–H groups in total. The number of unbranched alkanes of at least 4 members (excludes halogenated alkanes) is 1. The summed E-state index contributed by atoms with van der Waals surface area (Å²) in [5.41, 5.74) is 1.35. The Bertz CT molecular complexity index is 628. The summed E-state index contributed by atoms with van der Waals surface area (Å²) in [6.45, 7) is 0.305. The minimum Gasteiger partial charge on any atom is -0.481 e. The van der Waals surface area contributed by atoms with Crippen LogP contribution in [0.25, 0.3) is 0 Å². The van der Waals surface area contributed by atoms with Gasteiger partial charge in [-0.1, -0.05) is 11.3 Å². The molecule has 5 nitrogen and oxygen atoms in total. The standard InChI is InChI=1S/C14H15F2N3O2/c15-12-6-5-10(7-13(12)16)8-19-9-11(17-18-19)3-1-2-4-14(20)21/h5-7,9H,1-4,8H2,(H,20,21). The molecule has 1 aromatic heterocycles. The molecule has 0 radical (unpaired) electrons. The first-order valence-electron chi connectivity index (χ1n) is 6.59. The zero-order valence-corrected chi connectivity index (χ0v) is 11.3. The van der Waals surface area contributed by atoms with Crippen LogP contribution >= 0.6 is 0 Å². The molecule has 0 bridgehead atoms. The molecule has 0 unspecified atom stereocenters. The molecule has 0 fully saturated rings. The summed E-state index contributed by atoms with van der Waals surface area (Å²) in [5, 5.41) is 16.4. The quantitative estimate of drug-likeness (QED) is 0.796. The van der Waals surface area contributed by atoms with Crippen LogP contribution in [0.15, 0.2) is 24.4 Å². The number of carboxylic acids is 1. The Morgan fingerprint density at radius 1 is 1.24 bits per heavy atom. The van der Waals surface area contributed by atoms with Gasteiger partial charge in [-0.05, 0) is 37.0 Å². The second-order valence-electron chi connectivity index (χ2n) is 4.76. The number of hydrogen-bond acceptors (Lipinski definition) is 3. The molecule has 21 heavy (non-hydrogen) atoms. The van der Waals surface area contributed by atoms with Crippen LogP contribution in [0, 0.1) is 11.6 Å². The summed E-state index contributed by atoms with van der Waals surface area (Å²) in [4.78, 5) is 10.4. The van der Waals surface area contributed by atoms with Crippen molar-refractivity contribution in [2.75, 3.05) is 0 Å².